The van der Waals surface area contributed by atoms with E-state index in [1.54, 1.807) is 0 Å². The Bertz CT molecular complexity index is 3600. The van der Waals surface area contributed by atoms with Gasteiger partial charge >= 0.3 is 0 Å². The van der Waals surface area contributed by atoms with Crippen LogP contribution in [-0.4, -0.2) is 6.71 Å². The number of anilines is 6. The Kier molecular flexibility index (Phi) is 10.1. The summed E-state index contributed by atoms with van der Waals surface area (Å²) >= 11 is 0. The topological polar surface area (TPSA) is 28.9 Å². The molecule has 0 fully saturated rings. The molecule has 370 valence electrons. The number of fused-ring (bicyclic) bond motifs is 9. The number of ether oxygens (including phenoxy) is 1. The minimum atomic E-state index is -0.336. The van der Waals surface area contributed by atoms with Crippen molar-refractivity contribution in [1.82, 2.24) is 0 Å². The van der Waals surface area contributed by atoms with Crippen molar-refractivity contribution in [3.05, 3.63) is 172 Å². The number of hydrogen-bond acceptors (Lipinski definition) is 4. The van der Waals surface area contributed by atoms with Gasteiger partial charge in [0.1, 0.15) is 17.1 Å². The molecule has 0 bridgehead atoms. The molecule has 3 aliphatic heterocycles. The second-order valence-electron chi connectivity index (χ2n) is 27.0. The summed E-state index contributed by atoms with van der Waals surface area (Å²) in [5.74, 6) is 1.80. The Hall–Kier alpha value is -6.46. The van der Waals surface area contributed by atoms with Crippen LogP contribution in [0.5, 0.6) is 11.5 Å². The van der Waals surface area contributed by atoms with Crippen molar-refractivity contribution in [3.8, 4) is 22.6 Å². The molecule has 0 N–H and O–H groups in total. The largest absolute Gasteiger partial charge is 0.468 e. The van der Waals surface area contributed by atoms with Crippen LogP contribution >= 0.6 is 0 Å². The summed E-state index contributed by atoms with van der Waals surface area (Å²) in [4.78, 5) is 5.17. The second kappa shape index (κ2) is 15.5. The van der Waals surface area contributed by atoms with Gasteiger partial charge in [0.25, 0.3) is 6.71 Å². The van der Waals surface area contributed by atoms with Gasteiger partial charge in [0, 0.05) is 56.3 Å². The van der Waals surface area contributed by atoms with Crippen LogP contribution in [0.4, 0.5) is 34.1 Å². The maximum atomic E-state index is 7.52. The van der Waals surface area contributed by atoms with Gasteiger partial charge < -0.3 is 19.0 Å². The van der Waals surface area contributed by atoms with Crippen molar-refractivity contribution >= 4 is 68.4 Å². The zero-order valence-corrected chi connectivity index (χ0v) is 46.3. The molecule has 1 aliphatic carbocycles. The van der Waals surface area contributed by atoms with Crippen molar-refractivity contribution in [2.24, 2.45) is 0 Å². The van der Waals surface area contributed by atoms with Crippen LogP contribution in [0.1, 0.15) is 161 Å². The maximum Gasteiger partial charge on any atom is 0.297 e. The Morgan fingerprint density at radius 1 is 0.507 bits per heavy atom. The Morgan fingerprint density at radius 2 is 1.12 bits per heavy atom. The van der Waals surface area contributed by atoms with E-state index in [-0.39, 0.29) is 39.2 Å². The van der Waals surface area contributed by atoms with Gasteiger partial charge in [-0.2, -0.15) is 0 Å². The predicted molar refractivity (Wildman–Crippen MR) is 310 cm³/mol. The molecule has 8 aromatic rings. The van der Waals surface area contributed by atoms with Gasteiger partial charge in [-0.05, 0) is 151 Å². The van der Waals surface area contributed by atoms with Crippen LogP contribution in [0.3, 0.4) is 0 Å². The summed E-state index contributed by atoms with van der Waals surface area (Å²) in [6, 6.07) is 49.2. The molecule has 4 aliphatic rings. The lowest BCUT2D eigenvalue weighted by atomic mass is 9.35. The normalized spacial score (nSPS) is 17.0. The van der Waals surface area contributed by atoms with E-state index in [0.717, 1.165) is 57.3 Å². The average Bonchev–Trinajstić information content (AvgIpc) is 3.70. The molecule has 0 spiro atoms. The highest BCUT2D eigenvalue weighted by molar-refractivity contribution is 7.00. The van der Waals surface area contributed by atoms with E-state index in [9.17, 15) is 0 Å². The molecule has 4 heterocycles. The first kappa shape index (κ1) is 47.5. The third-order valence-corrected chi connectivity index (χ3v) is 17.5. The fraction of sp³-hybridized carbons (Fsp3) is 0.353. The monoisotopic (exact) mass is 961 g/mol. The minimum Gasteiger partial charge on any atom is -0.468 e. The van der Waals surface area contributed by atoms with E-state index < -0.39 is 0 Å². The average molecular weight is 961 g/mol. The molecule has 0 atom stereocenters. The van der Waals surface area contributed by atoms with Crippen LogP contribution in [0.15, 0.2) is 132 Å². The number of aryl methyl sites for hydroxylation is 1. The molecule has 1 aromatic heterocycles. The van der Waals surface area contributed by atoms with Crippen LogP contribution in [0.25, 0.3) is 22.1 Å². The molecule has 12 rings (SSSR count). The summed E-state index contributed by atoms with van der Waals surface area (Å²) in [5, 5.41) is 1.15. The van der Waals surface area contributed by atoms with Crippen molar-refractivity contribution in [3.63, 3.8) is 0 Å². The number of benzene rings is 7. The lowest BCUT2D eigenvalue weighted by Crippen LogP contribution is -2.61. The van der Waals surface area contributed by atoms with Gasteiger partial charge in [-0.25, -0.2) is 0 Å². The number of rotatable bonds is 3. The number of nitrogens with zero attached hydrogens (tertiary/aromatic N) is 2. The van der Waals surface area contributed by atoms with E-state index in [1.165, 1.54) is 84.4 Å². The highest BCUT2D eigenvalue weighted by atomic mass is 16.5. The standard InChI is InChI=1S/C68H73BN2O2/c1-40-33-55-60-56(34-40)71(53-29-25-43(64(5,6)7)35-46(53)41-21-23-42(24-22-41)63(2,3)4)54-39-59-51(68(15,16)49-19-17-18-20-58(49)72-59)38-52(54)69(60)62-61(47-36-44(65(8,9)10)26-30-57(47)73-62)70(55)45-27-28-48-50(37-45)67(13,14)32-31-66(48,11)12/h17-30,33-39H,31-32H2,1-16H3. The smallest absolute Gasteiger partial charge is 0.297 e. The molecule has 4 nitrogen and oxygen atoms in total. The van der Waals surface area contributed by atoms with Gasteiger partial charge in [-0.15, -0.1) is 0 Å². The van der Waals surface area contributed by atoms with Crippen LogP contribution in [0.2, 0.25) is 0 Å². The van der Waals surface area contributed by atoms with Crippen molar-refractivity contribution < 1.29 is 9.15 Å². The quantitative estimate of drug-likeness (QED) is 0.165. The van der Waals surface area contributed by atoms with Crippen LogP contribution < -0.4 is 31.1 Å². The highest BCUT2D eigenvalue weighted by Gasteiger charge is 2.49. The summed E-state index contributed by atoms with van der Waals surface area (Å²) in [6.45, 7) is 37.3. The van der Waals surface area contributed by atoms with Crippen LogP contribution in [0, 0.1) is 6.92 Å². The van der Waals surface area contributed by atoms with E-state index in [2.05, 4.69) is 248 Å². The van der Waals surface area contributed by atoms with Gasteiger partial charge in [0.15, 0.2) is 0 Å². The summed E-state index contributed by atoms with van der Waals surface area (Å²) < 4.78 is 14.6. The fourth-order valence-electron chi connectivity index (χ4n) is 12.8. The molecule has 0 radical (unpaired) electrons. The maximum absolute atomic E-state index is 7.52. The van der Waals surface area contributed by atoms with Gasteiger partial charge in [0.05, 0.1) is 17.0 Å². The third kappa shape index (κ3) is 7.29. The summed E-state index contributed by atoms with van der Waals surface area (Å²) in [6.07, 6.45) is 2.31. The SMILES string of the molecule is Cc1cc2c3c(c1)N(c1ccc4c(c1)C(C)(C)CCC4(C)C)c1c(oc4ccc(C(C)(C)C)cc14)B3c1cc3c(cc1N2c1ccc(C(C)(C)C)cc1-c1ccc(C(C)(C)C)cc1)Oc1ccccc1C3(C)C. The zero-order chi connectivity index (χ0) is 51.7. The van der Waals surface area contributed by atoms with Gasteiger partial charge in [0.2, 0.25) is 0 Å². The number of para-hydroxylation sites is 1. The Morgan fingerprint density at radius 3 is 1.81 bits per heavy atom. The van der Waals surface area contributed by atoms with Gasteiger partial charge in [-0.1, -0.05) is 171 Å². The molecule has 73 heavy (non-hydrogen) atoms. The second-order valence-corrected chi connectivity index (χ2v) is 27.0. The minimum absolute atomic E-state index is 0.0228. The molecule has 5 heteroatoms. The number of furan rings is 1. The lowest BCUT2D eigenvalue weighted by Gasteiger charge is -2.45. The summed E-state index contributed by atoms with van der Waals surface area (Å²) in [7, 11) is 0. The van der Waals surface area contributed by atoms with E-state index in [4.69, 9.17) is 9.15 Å². The molecule has 0 unspecified atom stereocenters. The molecule has 7 aromatic carbocycles. The van der Waals surface area contributed by atoms with E-state index in [0.29, 0.717) is 0 Å². The molecule has 0 saturated heterocycles. The zero-order valence-electron chi connectivity index (χ0n) is 46.3. The Balaban J connectivity index is 1.20. The molecular weight excluding hydrogens is 888 g/mol. The molecule has 0 saturated carbocycles. The van der Waals surface area contributed by atoms with Crippen LogP contribution in [-0.2, 0) is 32.5 Å². The van der Waals surface area contributed by atoms with Crippen molar-refractivity contribution in [2.75, 3.05) is 9.80 Å². The van der Waals surface area contributed by atoms with E-state index in [1.807, 2.05) is 0 Å². The van der Waals surface area contributed by atoms with E-state index >= 15 is 0 Å². The highest BCUT2D eigenvalue weighted by Crippen LogP contribution is 2.55. The Labute approximate surface area is 435 Å². The first-order valence-electron chi connectivity index (χ1n) is 26.9. The molecule has 0 amide bonds. The van der Waals surface area contributed by atoms with Gasteiger partial charge in [-0.3, -0.25) is 0 Å². The fourth-order valence-corrected chi connectivity index (χ4v) is 12.8. The summed E-state index contributed by atoms with van der Waals surface area (Å²) in [5.41, 5.74) is 23.7. The lowest BCUT2D eigenvalue weighted by molar-refractivity contribution is 0.332. The first-order chi connectivity index (χ1) is 34.2. The van der Waals surface area contributed by atoms with Crippen molar-refractivity contribution in [1.29, 1.82) is 0 Å². The molecular formula is C68H73BN2O2. The predicted octanol–water partition coefficient (Wildman–Crippen LogP) is 17.2. The van der Waals surface area contributed by atoms with Crippen molar-refractivity contribution in [2.45, 2.75) is 156 Å². The third-order valence-electron chi connectivity index (χ3n) is 17.5. The first-order valence-corrected chi connectivity index (χ1v) is 26.9. The number of hydrogen-bond donors (Lipinski definition) is 0.